The number of nitrogens with zero attached hydrogens (tertiary/aromatic N) is 5. The van der Waals surface area contributed by atoms with Gasteiger partial charge in [-0.2, -0.15) is 0 Å². The third-order valence-corrected chi connectivity index (χ3v) is 5.50. The van der Waals surface area contributed by atoms with Crippen LogP contribution in [-0.4, -0.2) is 55.5 Å². The molecule has 0 radical (unpaired) electrons. The molecule has 1 saturated heterocycles. The van der Waals surface area contributed by atoms with E-state index in [0.717, 1.165) is 38.8 Å². The molecule has 1 fully saturated rings. The van der Waals surface area contributed by atoms with Crippen molar-refractivity contribution in [2.45, 2.75) is 52.5 Å². The van der Waals surface area contributed by atoms with Gasteiger partial charge < -0.3 is 10.2 Å². The van der Waals surface area contributed by atoms with E-state index in [9.17, 15) is 14.4 Å². The molecule has 2 N–H and O–H groups in total. The third-order valence-electron chi connectivity index (χ3n) is 4.69. The lowest BCUT2D eigenvalue weighted by atomic mass is 10.2. The van der Waals surface area contributed by atoms with E-state index in [1.807, 2.05) is 4.90 Å². The number of anilines is 2. The van der Waals surface area contributed by atoms with Gasteiger partial charge in [-0.15, -0.1) is 16.4 Å². The molecule has 30 heavy (non-hydrogen) atoms. The fourth-order valence-corrected chi connectivity index (χ4v) is 3.73. The van der Waals surface area contributed by atoms with Crippen molar-refractivity contribution >= 4 is 40.1 Å². The maximum atomic E-state index is 12.4. The molecule has 11 heteroatoms. The molecule has 3 heterocycles. The molecular weight excluding hydrogens is 406 g/mol. The minimum Gasteiger partial charge on any atom is -0.341 e. The lowest BCUT2D eigenvalue weighted by Gasteiger charge is -2.19. The number of carbonyl (C=O) groups excluding carboxylic acids is 3. The van der Waals surface area contributed by atoms with Crippen LogP contribution in [0.1, 0.15) is 45.2 Å². The molecule has 0 atom stereocenters. The van der Waals surface area contributed by atoms with E-state index in [1.54, 1.807) is 19.2 Å². The summed E-state index contributed by atoms with van der Waals surface area (Å²) in [4.78, 5) is 46.5. The van der Waals surface area contributed by atoms with Crippen molar-refractivity contribution in [3.8, 4) is 0 Å². The predicted molar refractivity (Wildman–Crippen MR) is 113 cm³/mol. The van der Waals surface area contributed by atoms with Crippen molar-refractivity contribution in [2.75, 3.05) is 23.7 Å². The maximum Gasteiger partial charge on any atom is 0.248 e. The second-order valence-electron chi connectivity index (χ2n) is 7.57. The Balaban J connectivity index is 1.48. The summed E-state index contributed by atoms with van der Waals surface area (Å²) >= 11 is 1.27. The van der Waals surface area contributed by atoms with Crippen molar-refractivity contribution in [1.82, 2.24) is 24.6 Å². The van der Waals surface area contributed by atoms with Crippen LogP contribution < -0.4 is 10.6 Å². The Hall–Kier alpha value is -2.82. The Kier molecular flexibility index (Phi) is 7.50. The molecule has 10 nitrogen and oxygen atoms in total. The maximum absolute atomic E-state index is 12.4. The molecule has 2 aromatic rings. The molecule has 0 aliphatic carbocycles. The zero-order chi connectivity index (χ0) is 21.5. The van der Waals surface area contributed by atoms with E-state index in [1.165, 1.54) is 22.3 Å². The average Bonchev–Trinajstić information content (AvgIpc) is 3.21. The standard InChI is InChI=1S/C19H27N7O3S/c1-13(2)17(29)23-19-21-14(11-30-19)9-15(27)22-18-20-12-26(24-18)10-16(28)25-7-5-3-4-6-8-25/h11-13H,3-10H2,1-2H3,(H,21,23,29)(H,22,24,27). The molecule has 0 saturated carbocycles. The van der Waals surface area contributed by atoms with Crippen LogP contribution in [0.4, 0.5) is 11.1 Å². The molecule has 0 unspecified atom stereocenters. The first kappa shape index (κ1) is 21.9. The number of aromatic nitrogens is 4. The SMILES string of the molecule is CC(C)C(=O)Nc1nc(CC(=O)Nc2ncn(CC(=O)N3CCCCCC3)n2)cs1. The number of amides is 3. The van der Waals surface area contributed by atoms with Gasteiger partial charge in [0.15, 0.2) is 5.13 Å². The minimum absolute atomic E-state index is 0.0122. The number of rotatable bonds is 7. The smallest absolute Gasteiger partial charge is 0.248 e. The molecule has 3 rings (SSSR count). The Morgan fingerprint density at radius 3 is 2.57 bits per heavy atom. The van der Waals surface area contributed by atoms with Crippen LogP contribution in [0.5, 0.6) is 0 Å². The lowest BCUT2D eigenvalue weighted by molar-refractivity contribution is -0.132. The van der Waals surface area contributed by atoms with E-state index in [4.69, 9.17) is 0 Å². The van der Waals surface area contributed by atoms with Gasteiger partial charge in [-0.1, -0.05) is 26.7 Å². The molecule has 0 spiro atoms. The zero-order valence-corrected chi connectivity index (χ0v) is 18.1. The summed E-state index contributed by atoms with van der Waals surface area (Å²) in [6, 6.07) is 0. The van der Waals surface area contributed by atoms with E-state index >= 15 is 0 Å². The van der Waals surface area contributed by atoms with Gasteiger partial charge in [0.2, 0.25) is 23.7 Å². The molecule has 3 amide bonds. The van der Waals surface area contributed by atoms with Gasteiger partial charge in [-0.3, -0.25) is 19.7 Å². The largest absolute Gasteiger partial charge is 0.341 e. The van der Waals surface area contributed by atoms with Crippen molar-refractivity contribution in [2.24, 2.45) is 5.92 Å². The van der Waals surface area contributed by atoms with Gasteiger partial charge in [-0.25, -0.2) is 14.6 Å². The minimum atomic E-state index is -0.321. The highest BCUT2D eigenvalue weighted by Crippen LogP contribution is 2.17. The molecule has 162 valence electrons. The normalized spacial score (nSPS) is 14.4. The van der Waals surface area contributed by atoms with E-state index in [2.05, 4.69) is 25.7 Å². The van der Waals surface area contributed by atoms with Gasteiger partial charge in [-0.05, 0) is 12.8 Å². The molecule has 1 aliphatic heterocycles. The Morgan fingerprint density at radius 1 is 1.13 bits per heavy atom. The summed E-state index contributed by atoms with van der Waals surface area (Å²) in [6.45, 7) is 5.26. The monoisotopic (exact) mass is 433 g/mol. The summed E-state index contributed by atoms with van der Waals surface area (Å²) in [5, 5.41) is 11.7. The molecular formula is C19H27N7O3S. The first-order valence-electron chi connectivity index (χ1n) is 10.1. The highest BCUT2D eigenvalue weighted by molar-refractivity contribution is 7.13. The number of hydrogen-bond acceptors (Lipinski definition) is 7. The van der Waals surface area contributed by atoms with Crippen LogP contribution in [0.25, 0.3) is 0 Å². The number of hydrogen-bond donors (Lipinski definition) is 2. The summed E-state index contributed by atoms with van der Waals surface area (Å²) in [5.41, 5.74) is 0.548. The van der Waals surface area contributed by atoms with E-state index in [-0.39, 0.29) is 42.6 Å². The van der Waals surface area contributed by atoms with Crippen molar-refractivity contribution in [3.05, 3.63) is 17.4 Å². The highest BCUT2D eigenvalue weighted by atomic mass is 32.1. The van der Waals surface area contributed by atoms with Crippen LogP contribution >= 0.6 is 11.3 Å². The number of thiazole rings is 1. The van der Waals surface area contributed by atoms with Gasteiger partial charge in [0.25, 0.3) is 0 Å². The second kappa shape index (κ2) is 10.3. The molecule has 2 aromatic heterocycles. The predicted octanol–water partition coefficient (Wildman–Crippen LogP) is 1.91. The lowest BCUT2D eigenvalue weighted by Crippen LogP contribution is -2.34. The fraction of sp³-hybridized carbons (Fsp3) is 0.579. The molecule has 1 aliphatic rings. The van der Waals surface area contributed by atoms with Crippen LogP contribution in [0, 0.1) is 5.92 Å². The average molecular weight is 434 g/mol. The number of likely N-dealkylation sites (tertiary alicyclic amines) is 1. The Bertz CT molecular complexity index is 884. The summed E-state index contributed by atoms with van der Waals surface area (Å²) in [6.07, 6.45) is 5.86. The van der Waals surface area contributed by atoms with Crippen LogP contribution in [0.2, 0.25) is 0 Å². The second-order valence-corrected chi connectivity index (χ2v) is 8.43. The van der Waals surface area contributed by atoms with Crippen LogP contribution in [0.3, 0.4) is 0 Å². The first-order chi connectivity index (χ1) is 14.4. The number of carbonyl (C=O) groups is 3. The van der Waals surface area contributed by atoms with E-state index < -0.39 is 0 Å². The van der Waals surface area contributed by atoms with Crippen molar-refractivity contribution < 1.29 is 14.4 Å². The first-order valence-corrected chi connectivity index (χ1v) is 11.0. The summed E-state index contributed by atoms with van der Waals surface area (Å²) in [7, 11) is 0. The quantitative estimate of drug-likeness (QED) is 0.688. The van der Waals surface area contributed by atoms with Crippen molar-refractivity contribution in [1.29, 1.82) is 0 Å². The summed E-state index contributed by atoms with van der Waals surface area (Å²) < 4.78 is 1.44. The van der Waals surface area contributed by atoms with Crippen molar-refractivity contribution in [3.63, 3.8) is 0 Å². The zero-order valence-electron chi connectivity index (χ0n) is 17.3. The van der Waals surface area contributed by atoms with Crippen LogP contribution in [0.15, 0.2) is 11.7 Å². The Labute approximate surface area is 179 Å². The number of nitrogens with one attached hydrogen (secondary N) is 2. The molecule has 0 aromatic carbocycles. The van der Waals surface area contributed by atoms with E-state index in [0.29, 0.717) is 10.8 Å². The third kappa shape index (κ3) is 6.34. The van der Waals surface area contributed by atoms with Gasteiger partial charge >= 0.3 is 0 Å². The fourth-order valence-electron chi connectivity index (χ4n) is 3.02. The summed E-state index contributed by atoms with van der Waals surface area (Å²) in [5.74, 6) is -0.429. The van der Waals surface area contributed by atoms with Gasteiger partial charge in [0.05, 0.1) is 12.1 Å². The Morgan fingerprint density at radius 2 is 1.87 bits per heavy atom. The topological polar surface area (TPSA) is 122 Å². The van der Waals surface area contributed by atoms with Gasteiger partial charge in [0, 0.05) is 24.4 Å². The molecule has 0 bridgehead atoms. The highest BCUT2D eigenvalue weighted by Gasteiger charge is 2.17. The van der Waals surface area contributed by atoms with Gasteiger partial charge in [0.1, 0.15) is 12.9 Å². The van der Waals surface area contributed by atoms with Crippen LogP contribution in [-0.2, 0) is 27.3 Å².